The lowest BCUT2D eigenvalue weighted by molar-refractivity contribution is -0.131. The monoisotopic (exact) mass is 356 g/mol. The predicted molar refractivity (Wildman–Crippen MR) is 96.4 cm³/mol. The van der Waals surface area contributed by atoms with Crippen LogP contribution in [0.4, 0.5) is 5.95 Å². The van der Waals surface area contributed by atoms with Gasteiger partial charge in [0.1, 0.15) is 0 Å². The highest BCUT2D eigenvalue weighted by molar-refractivity contribution is 7.08. The zero-order valence-electron chi connectivity index (χ0n) is 14.3. The van der Waals surface area contributed by atoms with Crippen molar-refractivity contribution in [1.29, 1.82) is 0 Å². The van der Waals surface area contributed by atoms with Gasteiger partial charge in [0.2, 0.25) is 11.9 Å². The molecular formula is C17H20N6OS. The smallest absolute Gasteiger partial charge is 0.254 e. The van der Waals surface area contributed by atoms with Crippen molar-refractivity contribution in [3.63, 3.8) is 0 Å². The molecule has 1 atom stereocenters. The van der Waals surface area contributed by atoms with Gasteiger partial charge in [0.25, 0.3) is 5.78 Å². The minimum atomic E-state index is 0.133. The molecule has 1 amide bonds. The van der Waals surface area contributed by atoms with Crippen LogP contribution in [0.3, 0.4) is 0 Å². The van der Waals surface area contributed by atoms with E-state index in [0.29, 0.717) is 12.2 Å². The van der Waals surface area contributed by atoms with Gasteiger partial charge < -0.3 is 10.6 Å². The van der Waals surface area contributed by atoms with Gasteiger partial charge in [0, 0.05) is 23.5 Å². The predicted octanol–water partition coefficient (Wildman–Crippen LogP) is 2.29. The molecule has 1 aliphatic heterocycles. The van der Waals surface area contributed by atoms with Crippen LogP contribution in [0.5, 0.6) is 0 Å². The number of aryl methyl sites for hydroxylation is 2. The standard InChI is InChI=1S/C17H20N6OS/c1-10-13(11(2)23-17(19-10)20-16(18)21-23)8-15(24)22-6-3-4-14(22)12-5-7-25-9-12/h5,7,9,14H,3-4,6,8H2,1-2H3,(H2,18,21). The molecule has 1 aliphatic rings. The number of hydrogen-bond acceptors (Lipinski definition) is 6. The van der Waals surface area contributed by atoms with Gasteiger partial charge >= 0.3 is 0 Å². The van der Waals surface area contributed by atoms with E-state index in [1.165, 1.54) is 5.56 Å². The van der Waals surface area contributed by atoms with E-state index in [1.807, 2.05) is 18.7 Å². The lowest BCUT2D eigenvalue weighted by Gasteiger charge is -2.25. The summed E-state index contributed by atoms with van der Waals surface area (Å²) in [5.74, 6) is 0.797. The van der Waals surface area contributed by atoms with Crippen LogP contribution >= 0.6 is 11.3 Å². The Labute approximate surface area is 149 Å². The number of thiophene rings is 1. The second kappa shape index (κ2) is 6.11. The van der Waals surface area contributed by atoms with Crippen molar-refractivity contribution in [2.45, 2.75) is 39.2 Å². The first kappa shape index (κ1) is 16.0. The van der Waals surface area contributed by atoms with Crippen molar-refractivity contribution in [2.75, 3.05) is 12.3 Å². The second-order valence-corrected chi connectivity index (χ2v) is 7.20. The van der Waals surface area contributed by atoms with Gasteiger partial charge in [-0.25, -0.2) is 4.98 Å². The van der Waals surface area contributed by atoms with Crippen molar-refractivity contribution in [3.8, 4) is 0 Å². The summed E-state index contributed by atoms with van der Waals surface area (Å²) in [5.41, 5.74) is 9.48. The van der Waals surface area contributed by atoms with Gasteiger partial charge in [-0.2, -0.15) is 20.8 Å². The fourth-order valence-electron chi connectivity index (χ4n) is 3.61. The zero-order valence-corrected chi connectivity index (χ0v) is 15.1. The minimum Gasteiger partial charge on any atom is -0.366 e. The third-order valence-electron chi connectivity index (χ3n) is 4.89. The Hall–Kier alpha value is -2.48. The first-order chi connectivity index (χ1) is 12.0. The highest BCUT2D eigenvalue weighted by Crippen LogP contribution is 2.33. The molecule has 8 heteroatoms. The summed E-state index contributed by atoms with van der Waals surface area (Å²) in [6.07, 6.45) is 2.39. The van der Waals surface area contributed by atoms with Crippen LogP contribution in [-0.2, 0) is 11.2 Å². The fraction of sp³-hybridized carbons (Fsp3) is 0.412. The number of nitrogen functional groups attached to an aromatic ring is 1. The normalized spacial score (nSPS) is 17.5. The van der Waals surface area contributed by atoms with Gasteiger partial charge in [-0.15, -0.1) is 5.10 Å². The summed E-state index contributed by atoms with van der Waals surface area (Å²) < 4.78 is 1.62. The van der Waals surface area contributed by atoms with Crippen LogP contribution in [-0.4, -0.2) is 36.9 Å². The van der Waals surface area contributed by atoms with Crippen molar-refractivity contribution < 1.29 is 4.79 Å². The number of anilines is 1. The Kier molecular flexibility index (Phi) is 3.91. The van der Waals surface area contributed by atoms with E-state index >= 15 is 0 Å². The van der Waals surface area contributed by atoms with Gasteiger partial charge in [0.05, 0.1) is 12.5 Å². The van der Waals surface area contributed by atoms with E-state index in [1.54, 1.807) is 15.9 Å². The van der Waals surface area contributed by atoms with Crippen LogP contribution in [0, 0.1) is 13.8 Å². The molecule has 0 spiro atoms. The SMILES string of the molecule is Cc1nc2nc(N)nn2c(C)c1CC(=O)N1CCCC1c1ccsc1. The third-order valence-corrected chi connectivity index (χ3v) is 5.60. The van der Waals surface area contributed by atoms with Crippen LogP contribution in [0.1, 0.15) is 41.4 Å². The van der Waals surface area contributed by atoms with Crippen molar-refractivity contribution in [3.05, 3.63) is 39.3 Å². The molecule has 1 unspecified atom stereocenters. The number of likely N-dealkylation sites (tertiary alicyclic amines) is 1. The number of aromatic nitrogens is 4. The molecule has 0 aliphatic carbocycles. The number of carbonyl (C=O) groups excluding carboxylic acids is 1. The molecule has 0 saturated carbocycles. The molecule has 0 bridgehead atoms. The highest BCUT2D eigenvalue weighted by atomic mass is 32.1. The lowest BCUT2D eigenvalue weighted by Crippen LogP contribution is -2.32. The van der Waals surface area contributed by atoms with Crippen LogP contribution in [0.15, 0.2) is 16.8 Å². The molecule has 3 aromatic heterocycles. The maximum atomic E-state index is 13.0. The number of amides is 1. The highest BCUT2D eigenvalue weighted by Gasteiger charge is 2.30. The summed E-state index contributed by atoms with van der Waals surface area (Å²) in [7, 11) is 0. The molecule has 130 valence electrons. The Morgan fingerprint density at radius 3 is 3.00 bits per heavy atom. The maximum absolute atomic E-state index is 13.0. The summed E-state index contributed by atoms with van der Waals surface area (Å²) in [6.45, 7) is 4.64. The van der Waals surface area contributed by atoms with Crippen molar-refractivity contribution in [1.82, 2.24) is 24.5 Å². The molecule has 7 nitrogen and oxygen atoms in total. The fourth-order valence-corrected chi connectivity index (χ4v) is 4.32. The van der Waals surface area contributed by atoms with E-state index in [9.17, 15) is 4.79 Å². The molecule has 0 radical (unpaired) electrons. The topological polar surface area (TPSA) is 89.4 Å². The lowest BCUT2D eigenvalue weighted by atomic mass is 10.1. The van der Waals surface area contributed by atoms with E-state index in [2.05, 4.69) is 31.9 Å². The van der Waals surface area contributed by atoms with E-state index in [-0.39, 0.29) is 17.9 Å². The van der Waals surface area contributed by atoms with Gasteiger partial charge in [-0.1, -0.05) is 0 Å². The molecule has 1 fully saturated rings. The van der Waals surface area contributed by atoms with Crippen molar-refractivity contribution >= 4 is 29.0 Å². The summed E-state index contributed by atoms with van der Waals surface area (Å²) in [5, 5.41) is 8.38. The molecule has 4 rings (SSSR count). The molecule has 4 heterocycles. The largest absolute Gasteiger partial charge is 0.366 e. The molecule has 1 saturated heterocycles. The first-order valence-corrected chi connectivity index (χ1v) is 9.29. The van der Waals surface area contributed by atoms with E-state index < -0.39 is 0 Å². The Morgan fingerprint density at radius 1 is 1.40 bits per heavy atom. The molecular weight excluding hydrogens is 336 g/mol. The average Bonchev–Trinajstić information content (AvgIpc) is 3.29. The zero-order chi connectivity index (χ0) is 17.6. The number of carbonyl (C=O) groups is 1. The first-order valence-electron chi connectivity index (χ1n) is 8.34. The van der Waals surface area contributed by atoms with Crippen molar-refractivity contribution in [2.24, 2.45) is 0 Å². The number of hydrogen-bond donors (Lipinski definition) is 1. The van der Waals surface area contributed by atoms with Crippen LogP contribution in [0.25, 0.3) is 5.78 Å². The molecule has 0 aromatic carbocycles. The third kappa shape index (κ3) is 2.76. The Bertz CT molecular complexity index is 932. The van der Waals surface area contributed by atoms with Crippen LogP contribution < -0.4 is 5.73 Å². The summed E-state index contributed by atoms with van der Waals surface area (Å²) >= 11 is 1.67. The second-order valence-electron chi connectivity index (χ2n) is 6.42. The van der Waals surface area contributed by atoms with Gasteiger partial charge in [-0.3, -0.25) is 4.79 Å². The number of nitrogens with two attached hydrogens (primary N) is 1. The number of fused-ring (bicyclic) bond motifs is 1. The molecule has 25 heavy (non-hydrogen) atoms. The molecule has 2 N–H and O–H groups in total. The van der Waals surface area contributed by atoms with E-state index in [0.717, 1.165) is 36.3 Å². The van der Waals surface area contributed by atoms with Crippen LogP contribution in [0.2, 0.25) is 0 Å². The Morgan fingerprint density at radius 2 is 2.24 bits per heavy atom. The average molecular weight is 356 g/mol. The summed E-state index contributed by atoms with van der Waals surface area (Å²) in [6, 6.07) is 2.31. The number of rotatable bonds is 3. The summed E-state index contributed by atoms with van der Waals surface area (Å²) in [4.78, 5) is 23.5. The quantitative estimate of drug-likeness (QED) is 0.778. The molecule has 3 aromatic rings. The van der Waals surface area contributed by atoms with Gasteiger partial charge in [-0.05, 0) is 49.1 Å². The maximum Gasteiger partial charge on any atom is 0.254 e. The van der Waals surface area contributed by atoms with Gasteiger partial charge in [0.15, 0.2) is 0 Å². The Balaban J connectivity index is 1.63. The van der Waals surface area contributed by atoms with E-state index in [4.69, 9.17) is 5.73 Å². The minimum absolute atomic E-state index is 0.133. The number of nitrogens with zero attached hydrogens (tertiary/aromatic N) is 5.